The molecule has 0 spiro atoms. The monoisotopic (exact) mass is 301 g/mol. The van der Waals surface area contributed by atoms with Gasteiger partial charge in [-0.3, -0.25) is 0 Å². The number of furan rings is 1. The van der Waals surface area contributed by atoms with E-state index in [1.807, 2.05) is 12.1 Å². The van der Waals surface area contributed by atoms with Crippen molar-refractivity contribution in [2.24, 2.45) is 5.92 Å². The maximum absolute atomic E-state index is 12.6. The number of hydrogen-bond donors (Lipinski definition) is 1. The molecule has 3 rings (SSSR count). The lowest BCUT2D eigenvalue weighted by molar-refractivity contribution is -0.604. The fourth-order valence-electron chi connectivity index (χ4n) is 2.86. The molecule has 1 aliphatic rings. The van der Waals surface area contributed by atoms with Crippen molar-refractivity contribution in [1.82, 2.24) is 4.90 Å². The first-order chi connectivity index (χ1) is 10.6. The van der Waals surface area contributed by atoms with Crippen LogP contribution in [0, 0.1) is 11.1 Å². The molecule has 22 heavy (non-hydrogen) atoms. The summed E-state index contributed by atoms with van der Waals surface area (Å²) in [5.41, 5.74) is 0.485. The third-order valence-corrected chi connectivity index (χ3v) is 4.02. The summed E-state index contributed by atoms with van der Waals surface area (Å²) in [5.74, 6) is 1.34. The number of anilines is 1. The summed E-state index contributed by atoms with van der Waals surface area (Å²) in [5, 5.41) is 14.1. The Bertz CT molecular complexity index is 642. The summed E-state index contributed by atoms with van der Waals surface area (Å²) in [4.78, 5) is 14.3. The Morgan fingerprint density at radius 1 is 1.45 bits per heavy atom. The molecule has 1 saturated heterocycles. The van der Waals surface area contributed by atoms with Crippen LogP contribution < -0.4 is 10.0 Å². The number of likely N-dealkylation sites (tertiary alicyclic amines) is 1. The average molecular weight is 301 g/mol. The van der Waals surface area contributed by atoms with Crippen LogP contribution in [0.25, 0.3) is 0 Å². The van der Waals surface area contributed by atoms with Gasteiger partial charge in [0.2, 0.25) is 6.20 Å². The van der Waals surface area contributed by atoms with Gasteiger partial charge in [-0.05, 0) is 37.0 Å². The van der Waals surface area contributed by atoms with Crippen LogP contribution in [0.3, 0.4) is 0 Å². The molecule has 0 bridgehead atoms. The summed E-state index contributed by atoms with van der Waals surface area (Å²) < 4.78 is 6.16. The number of urea groups is 1. The highest BCUT2D eigenvalue weighted by Crippen LogP contribution is 2.34. The first-order valence-corrected chi connectivity index (χ1v) is 7.43. The molecule has 2 atom stereocenters. The van der Waals surface area contributed by atoms with Crippen molar-refractivity contribution in [3.05, 3.63) is 53.9 Å². The van der Waals surface area contributed by atoms with Crippen LogP contribution >= 0.6 is 0 Å². The summed E-state index contributed by atoms with van der Waals surface area (Å²) in [6.45, 7) is 2.85. The number of nitrogens with one attached hydrogen (secondary N) is 1. The number of nitrogens with zero attached hydrogens (tertiary/aromatic N) is 2. The summed E-state index contributed by atoms with van der Waals surface area (Å²) in [7, 11) is 0. The summed E-state index contributed by atoms with van der Waals surface area (Å²) >= 11 is 0. The zero-order chi connectivity index (χ0) is 15.5. The molecule has 6 nitrogen and oxygen atoms in total. The number of piperidine rings is 1. The van der Waals surface area contributed by atoms with Gasteiger partial charge < -0.3 is 19.8 Å². The number of amides is 2. The fourth-order valence-corrected chi connectivity index (χ4v) is 2.86. The Morgan fingerprint density at radius 2 is 2.32 bits per heavy atom. The van der Waals surface area contributed by atoms with Crippen molar-refractivity contribution < 1.29 is 13.9 Å². The number of carbonyl (C=O) groups is 1. The quantitative estimate of drug-likeness (QED) is 0.684. The Hall–Kier alpha value is -2.50. The molecule has 0 aromatic carbocycles. The van der Waals surface area contributed by atoms with Gasteiger partial charge in [-0.1, -0.05) is 6.92 Å². The van der Waals surface area contributed by atoms with Crippen LogP contribution in [0.5, 0.6) is 0 Å². The second-order valence-electron chi connectivity index (χ2n) is 5.74. The van der Waals surface area contributed by atoms with Crippen molar-refractivity contribution in [3.63, 3.8) is 0 Å². The second kappa shape index (κ2) is 6.09. The maximum Gasteiger partial charge on any atom is 0.322 e. The molecule has 0 saturated carbocycles. The Kier molecular flexibility index (Phi) is 4.00. The Labute approximate surface area is 128 Å². The van der Waals surface area contributed by atoms with E-state index in [-0.39, 0.29) is 12.1 Å². The molecular formula is C16H19N3O3. The summed E-state index contributed by atoms with van der Waals surface area (Å²) in [6, 6.07) is 6.76. The number of hydrogen-bond acceptors (Lipinski definition) is 3. The van der Waals surface area contributed by atoms with E-state index in [1.165, 1.54) is 12.4 Å². The highest BCUT2D eigenvalue weighted by Gasteiger charge is 2.32. The molecule has 116 valence electrons. The van der Waals surface area contributed by atoms with E-state index < -0.39 is 0 Å². The van der Waals surface area contributed by atoms with Crippen molar-refractivity contribution in [2.45, 2.75) is 25.8 Å². The second-order valence-corrected chi connectivity index (χ2v) is 5.74. The molecule has 2 aromatic heterocycles. The zero-order valence-corrected chi connectivity index (χ0v) is 12.4. The first kappa shape index (κ1) is 14.4. The predicted octanol–water partition coefficient (Wildman–Crippen LogP) is 2.92. The topological polar surface area (TPSA) is 72.4 Å². The van der Waals surface area contributed by atoms with E-state index in [2.05, 4.69) is 12.2 Å². The molecule has 2 amide bonds. The Balaban J connectivity index is 1.77. The van der Waals surface area contributed by atoms with E-state index >= 15 is 0 Å². The normalized spacial score (nSPS) is 21.6. The molecule has 3 heterocycles. The first-order valence-electron chi connectivity index (χ1n) is 7.43. The highest BCUT2D eigenvalue weighted by molar-refractivity contribution is 5.89. The molecule has 1 aliphatic heterocycles. The minimum Gasteiger partial charge on any atom is -0.619 e. The number of rotatable bonds is 2. The third kappa shape index (κ3) is 3.05. The standard InChI is InChI=1S/C16H19N3O3/c1-12-6-8-19(14(10-12)15-5-3-9-22-15)16(20)17-13-4-2-7-18(21)11-13/h2-5,7,9,11-12,14H,6,8,10H2,1H3,(H,17,20). The largest absolute Gasteiger partial charge is 0.619 e. The lowest BCUT2D eigenvalue weighted by Crippen LogP contribution is -2.43. The van der Waals surface area contributed by atoms with Gasteiger partial charge in [0.05, 0.1) is 12.3 Å². The van der Waals surface area contributed by atoms with E-state index in [0.29, 0.717) is 22.9 Å². The van der Waals surface area contributed by atoms with Gasteiger partial charge in [0.1, 0.15) is 11.4 Å². The van der Waals surface area contributed by atoms with Crippen molar-refractivity contribution >= 4 is 11.7 Å². The van der Waals surface area contributed by atoms with Crippen molar-refractivity contribution in [1.29, 1.82) is 0 Å². The van der Waals surface area contributed by atoms with Gasteiger partial charge in [-0.25, -0.2) is 4.79 Å². The smallest absolute Gasteiger partial charge is 0.322 e. The van der Waals surface area contributed by atoms with Crippen LogP contribution in [-0.2, 0) is 0 Å². The van der Waals surface area contributed by atoms with E-state index in [9.17, 15) is 10.0 Å². The van der Waals surface area contributed by atoms with Gasteiger partial charge in [-0.2, -0.15) is 4.73 Å². The van der Waals surface area contributed by atoms with E-state index in [4.69, 9.17) is 4.42 Å². The summed E-state index contributed by atoms with van der Waals surface area (Å²) in [6.07, 6.45) is 6.18. The van der Waals surface area contributed by atoms with Crippen LogP contribution in [0.2, 0.25) is 0 Å². The molecule has 0 radical (unpaired) electrons. The van der Waals surface area contributed by atoms with Gasteiger partial charge in [-0.15, -0.1) is 0 Å². The van der Waals surface area contributed by atoms with E-state index in [0.717, 1.165) is 18.6 Å². The number of carbonyl (C=O) groups excluding carboxylic acids is 1. The predicted molar refractivity (Wildman–Crippen MR) is 81.0 cm³/mol. The molecule has 1 fully saturated rings. The van der Waals surface area contributed by atoms with Crippen LogP contribution in [0.1, 0.15) is 31.6 Å². The molecule has 0 aliphatic carbocycles. The van der Waals surface area contributed by atoms with E-state index in [1.54, 1.807) is 23.3 Å². The Morgan fingerprint density at radius 3 is 3.05 bits per heavy atom. The minimum absolute atomic E-state index is 0.0677. The van der Waals surface area contributed by atoms with Gasteiger partial charge in [0, 0.05) is 12.6 Å². The molecule has 2 unspecified atom stereocenters. The van der Waals surface area contributed by atoms with Crippen LogP contribution in [-0.4, -0.2) is 17.5 Å². The third-order valence-electron chi connectivity index (χ3n) is 4.02. The highest BCUT2D eigenvalue weighted by atomic mass is 16.5. The maximum atomic E-state index is 12.6. The molecule has 1 N–H and O–H groups in total. The SMILES string of the molecule is CC1CCN(C(=O)Nc2ccc[n+]([O-])c2)C(c2ccco2)C1. The number of pyridine rings is 1. The number of aromatic nitrogens is 1. The average Bonchev–Trinajstić information content (AvgIpc) is 3.01. The molecular weight excluding hydrogens is 282 g/mol. The molecule has 2 aromatic rings. The molecule has 6 heteroatoms. The van der Waals surface area contributed by atoms with Gasteiger partial charge in [0.15, 0.2) is 6.20 Å². The minimum atomic E-state index is -0.209. The zero-order valence-electron chi connectivity index (χ0n) is 12.4. The van der Waals surface area contributed by atoms with Crippen LogP contribution in [0.4, 0.5) is 10.5 Å². The lowest BCUT2D eigenvalue weighted by atomic mass is 9.91. The van der Waals surface area contributed by atoms with Crippen molar-refractivity contribution in [2.75, 3.05) is 11.9 Å². The van der Waals surface area contributed by atoms with Gasteiger partial charge >= 0.3 is 6.03 Å². The van der Waals surface area contributed by atoms with Gasteiger partial charge in [0.25, 0.3) is 0 Å². The van der Waals surface area contributed by atoms with Crippen molar-refractivity contribution in [3.8, 4) is 0 Å². The van der Waals surface area contributed by atoms with Crippen LogP contribution in [0.15, 0.2) is 47.3 Å². The fraction of sp³-hybridized carbons (Fsp3) is 0.375. The lowest BCUT2D eigenvalue weighted by Gasteiger charge is -2.37.